The van der Waals surface area contributed by atoms with E-state index >= 15 is 0 Å². The average Bonchev–Trinajstić information content (AvgIpc) is 3.11. The molecule has 7 nitrogen and oxygen atoms in total. The van der Waals surface area contributed by atoms with Crippen LogP contribution in [0.3, 0.4) is 0 Å². The van der Waals surface area contributed by atoms with Gasteiger partial charge in [-0.25, -0.2) is 13.4 Å². The van der Waals surface area contributed by atoms with Crippen molar-refractivity contribution in [3.63, 3.8) is 0 Å². The quantitative estimate of drug-likeness (QED) is 0.772. The SMILES string of the molecule is COC[C@@H](C)Nc1nc(-c2ccc(S(=O)(=O)N3CCOCC3)cc2)cs1. The smallest absolute Gasteiger partial charge is 0.243 e. The molecule has 3 rings (SSSR count). The topological polar surface area (TPSA) is 80.8 Å². The summed E-state index contributed by atoms with van der Waals surface area (Å²) < 4.78 is 37.1. The van der Waals surface area contributed by atoms with Gasteiger partial charge in [-0.05, 0) is 19.1 Å². The summed E-state index contributed by atoms with van der Waals surface area (Å²) in [6, 6.07) is 7.04. The van der Waals surface area contributed by atoms with Gasteiger partial charge in [-0.15, -0.1) is 11.3 Å². The predicted molar refractivity (Wildman–Crippen MR) is 102 cm³/mol. The minimum atomic E-state index is -3.47. The molecule has 142 valence electrons. The van der Waals surface area contributed by atoms with Crippen LogP contribution in [0.25, 0.3) is 11.3 Å². The molecule has 0 radical (unpaired) electrons. The third-order valence-corrected chi connectivity index (χ3v) is 6.74. The molecule has 1 atom stereocenters. The number of nitrogens with zero attached hydrogens (tertiary/aromatic N) is 2. The zero-order valence-electron chi connectivity index (χ0n) is 14.8. The molecule has 0 saturated carbocycles. The number of thiazole rings is 1. The summed E-state index contributed by atoms with van der Waals surface area (Å²) in [6.45, 7) is 4.29. The summed E-state index contributed by atoms with van der Waals surface area (Å²) in [5.74, 6) is 0. The van der Waals surface area contributed by atoms with E-state index in [-0.39, 0.29) is 6.04 Å². The fourth-order valence-corrected chi connectivity index (χ4v) is 4.95. The van der Waals surface area contributed by atoms with Gasteiger partial charge in [0.15, 0.2) is 5.13 Å². The minimum Gasteiger partial charge on any atom is -0.383 e. The van der Waals surface area contributed by atoms with E-state index in [2.05, 4.69) is 10.3 Å². The Balaban J connectivity index is 1.72. The number of ether oxygens (including phenoxy) is 2. The molecule has 0 amide bonds. The molecular weight excluding hydrogens is 374 g/mol. The summed E-state index contributed by atoms with van der Waals surface area (Å²) >= 11 is 1.51. The van der Waals surface area contributed by atoms with Gasteiger partial charge in [0.2, 0.25) is 10.0 Å². The van der Waals surface area contributed by atoms with E-state index in [9.17, 15) is 8.42 Å². The number of methoxy groups -OCH3 is 1. The molecule has 2 aromatic rings. The second-order valence-electron chi connectivity index (χ2n) is 6.08. The van der Waals surface area contributed by atoms with Crippen LogP contribution in [0.5, 0.6) is 0 Å². The highest BCUT2D eigenvalue weighted by molar-refractivity contribution is 7.89. The number of anilines is 1. The molecule has 1 N–H and O–H groups in total. The third-order valence-electron chi connectivity index (χ3n) is 4.05. The molecule has 9 heteroatoms. The van der Waals surface area contributed by atoms with Crippen molar-refractivity contribution in [1.29, 1.82) is 0 Å². The fourth-order valence-electron chi connectivity index (χ4n) is 2.71. The first-order valence-electron chi connectivity index (χ1n) is 8.40. The van der Waals surface area contributed by atoms with Gasteiger partial charge in [-0.1, -0.05) is 12.1 Å². The Morgan fingerprint density at radius 3 is 2.65 bits per heavy atom. The van der Waals surface area contributed by atoms with Gasteiger partial charge in [0, 0.05) is 37.2 Å². The minimum absolute atomic E-state index is 0.167. The Morgan fingerprint density at radius 2 is 2.00 bits per heavy atom. The molecule has 26 heavy (non-hydrogen) atoms. The van der Waals surface area contributed by atoms with Crippen LogP contribution in [-0.4, -0.2) is 63.8 Å². The van der Waals surface area contributed by atoms with Crippen LogP contribution in [0.1, 0.15) is 6.92 Å². The number of hydrogen-bond donors (Lipinski definition) is 1. The van der Waals surface area contributed by atoms with Crippen molar-refractivity contribution in [2.75, 3.05) is 45.3 Å². The molecule has 1 aromatic carbocycles. The van der Waals surface area contributed by atoms with Crippen LogP contribution in [0, 0.1) is 0 Å². The van der Waals surface area contributed by atoms with Crippen LogP contribution in [0.15, 0.2) is 34.5 Å². The standard InChI is InChI=1S/C17H23N3O4S2/c1-13(11-23-2)18-17-19-16(12-25-17)14-3-5-15(6-4-14)26(21,22)20-7-9-24-10-8-20/h3-6,12-13H,7-11H2,1-2H3,(H,18,19)/t13-/m1/s1. The number of aromatic nitrogens is 1. The van der Waals surface area contributed by atoms with Crippen molar-refractivity contribution in [1.82, 2.24) is 9.29 Å². The fraction of sp³-hybridized carbons (Fsp3) is 0.471. The average molecular weight is 398 g/mol. The van der Waals surface area contributed by atoms with Crippen molar-refractivity contribution in [3.8, 4) is 11.3 Å². The first kappa shape index (κ1) is 19.2. The van der Waals surface area contributed by atoms with E-state index in [1.165, 1.54) is 15.6 Å². The number of hydrogen-bond acceptors (Lipinski definition) is 7. The van der Waals surface area contributed by atoms with Crippen LogP contribution < -0.4 is 5.32 Å². The van der Waals surface area contributed by atoms with Crippen molar-refractivity contribution in [2.45, 2.75) is 17.9 Å². The van der Waals surface area contributed by atoms with E-state index in [1.54, 1.807) is 31.4 Å². The van der Waals surface area contributed by atoms with Gasteiger partial charge in [0.25, 0.3) is 0 Å². The second-order valence-corrected chi connectivity index (χ2v) is 8.88. The highest BCUT2D eigenvalue weighted by Gasteiger charge is 2.26. The van der Waals surface area contributed by atoms with Crippen LogP contribution in [0.2, 0.25) is 0 Å². The molecular formula is C17H23N3O4S2. The van der Waals surface area contributed by atoms with Gasteiger partial charge >= 0.3 is 0 Å². The van der Waals surface area contributed by atoms with Gasteiger partial charge in [-0.2, -0.15) is 4.31 Å². The Kier molecular flexibility index (Phi) is 6.25. The lowest BCUT2D eigenvalue weighted by molar-refractivity contribution is 0.0730. The highest BCUT2D eigenvalue weighted by Crippen LogP contribution is 2.27. The molecule has 1 aromatic heterocycles. The molecule has 0 unspecified atom stereocenters. The summed E-state index contributed by atoms with van der Waals surface area (Å²) in [7, 11) is -1.80. The van der Waals surface area contributed by atoms with Crippen molar-refractivity contribution < 1.29 is 17.9 Å². The summed E-state index contributed by atoms with van der Waals surface area (Å²) in [6.07, 6.45) is 0. The molecule has 0 aliphatic carbocycles. The van der Waals surface area contributed by atoms with E-state index in [1.807, 2.05) is 12.3 Å². The predicted octanol–water partition coefficient (Wildman–Crippen LogP) is 2.28. The van der Waals surface area contributed by atoms with Crippen molar-refractivity contribution in [3.05, 3.63) is 29.6 Å². The van der Waals surface area contributed by atoms with E-state index < -0.39 is 10.0 Å². The molecule has 2 heterocycles. The van der Waals surface area contributed by atoms with Gasteiger partial charge in [0.05, 0.1) is 30.4 Å². The summed E-state index contributed by atoms with van der Waals surface area (Å²) in [5.41, 5.74) is 1.70. The maximum Gasteiger partial charge on any atom is 0.243 e. The second kappa shape index (κ2) is 8.45. The molecule has 1 saturated heterocycles. The number of sulfonamides is 1. The van der Waals surface area contributed by atoms with E-state index in [0.717, 1.165) is 16.4 Å². The molecule has 1 fully saturated rings. The van der Waals surface area contributed by atoms with Gasteiger partial charge in [0.1, 0.15) is 0 Å². The first-order chi connectivity index (χ1) is 12.5. The van der Waals surface area contributed by atoms with Crippen LogP contribution in [0.4, 0.5) is 5.13 Å². The molecule has 1 aliphatic rings. The zero-order valence-corrected chi connectivity index (χ0v) is 16.5. The van der Waals surface area contributed by atoms with Gasteiger partial charge in [-0.3, -0.25) is 0 Å². The molecule has 1 aliphatic heterocycles. The van der Waals surface area contributed by atoms with E-state index in [0.29, 0.717) is 37.8 Å². The Morgan fingerprint density at radius 1 is 1.31 bits per heavy atom. The highest BCUT2D eigenvalue weighted by atomic mass is 32.2. The van der Waals surface area contributed by atoms with E-state index in [4.69, 9.17) is 9.47 Å². The monoisotopic (exact) mass is 397 g/mol. The molecule has 0 spiro atoms. The Hall–Kier alpha value is -1.52. The van der Waals surface area contributed by atoms with Crippen molar-refractivity contribution >= 4 is 26.5 Å². The normalized spacial score (nSPS) is 17.2. The maximum absolute atomic E-state index is 12.7. The third kappa shape index (κ3) is 4.41. The van der Waals surface area contributed by atoms with Crippen LogP contribution >= 0.6 is 11.3 Å². The Bertz CT molecular complexity index is 815. The number of benzene rings is 1. The van der Waals surface area contributed by atoms with Crippen LogP contribution in [-0.2, 0) is 19.5 Å². The summed E-state index contributed by atoms with van der Waals surface area (Å²) in [5, 5.41) is 6.05. The largest absolute Gasteiger partial charge is 0.383 e. The number of nitrogens with one attached hydrogen (secondary N) is 1. The zero-order chi connectivity index (χ0) is 18.6. The lowest BCUT2D eigenvalue weighted by Gasteiger charge is -2.26. The summed E-state index contributed by atoms with van der Waals surface area (Å²) in [4.78, 5) is 4.86. The maximum atomic E-state index is 12.7. The van der Waals surface area contributed by atoms with Crippen molar-refractivity contribution in [2.24, 2.45) is 0 Å². The first-order valence-corrected chi connectivity index (χ1v) is 10.7. The number of morpholine rings is 1. The Labute approximate surface area is 158 Å². The molecule has 0 bridgehead atoms. The lowest BCUT2D eigenvalue weighted by Crippen LogP contribution is -2.40. The lowest BCUT2D eigenvalue weighted by atomic mass is 10.2. The number of rotatable bonds is 7. The van der Waals surface area contributed by atoms with Gasteiger partial charge < -0.3 is 14.8 Å².